The highest BCUT2D eigenvalue weighted by molar-refractivity contribution is 5.69. The van der Waals surface area contributed by atoms with E-state index >= 15 is 0 Å². The zero-order valence-corrected chi connectivity index (χ0v) is 13.2. The molecule has 5 heteroatoms. The molecule has 0 aliphatic rings. The number of hydrogen-bond donors (Lipinski definition) is 0. The molecule has 1 aromatic carbocycles. The van der Waals surface area contributed by atoms with Crippen molar-refractivity contribution >= 4 is 17.8 Å². The maximum Gasteiger partial charge on any atom is 0.177 e. The van der Waals surface area contributed by atoms with Crippen molar-refractivity contribution in [3.8, 4) is 12.1 Å². The lowest BCUT2D eigenvalue weighted by atomic mass is 10.1. The van der Waals surface area contributed by atoms with E-state index in [4.69, 9.17) is 10.5 Å². The molecular weight excluding hydrogens is 286 g/mol. The highest BCUT2D eigenvalue weighted by Crippen LogP contribution is 2.16. The third-order valence-corrected chi connectivity index (χ3v) is 3.47. The van der Waals surface area contributed by atoms with E-state index in [2.05, 4.69) is 40.8 Å². The predicted molar refractivity (Wildman–Crippen MR) is 90.4 cm³/mol. The maximum absolute atomic E-state index is 8.96. The van der Waals surface area contributed by atoms with E-state index in [0.717, 1.165) is 18.7 Å². The molecule has 2 rings (SSSR count). The molecule has 0 N–H and O–H groups in total. The van der Waals surface area contributed by atoms with Crippen LogP contribution in [0.3, 0.4) is 0 Å². The Bertz CT molecular complexity index is 775. The van der Waals surface area contributed by atoms with Crippen molar-refractivity contribution in [1.29, 1.82) is 10.5 Å². The molecule has 0 saturated carbocycles. The minimum absolute atomic E-state index is 0.0477. The predicted octanol–water partition coefficient (Wildman–Crippen LogP) is 3.24. The average Bonchev–Trinajstić information content (AvgIpc) is 2.61. The quantitative estimate of drug-likeness (QED) is 0.847. The molecule has 0 saturated heterocycles. The Hall–Kier alpha value is -3.18. The lowest BCUT2D eigenvalue weighted by molar-refractivity contribution is 0.866. The first kappa shape index (κ1) is 16.2. The lowest BCUT2D eigenvalue weighted by Gasteiger charge is -2.20. The van der Waals surface area contributed by atoms with E-state index in [0.29, 0.717) is 5.69 Å². The van der Waals surface area contributed by atoms with Gasteiger partial charge in [0.05, 0.1) is 11.9 Å². The molecule has 0 atom stereocenters. The standard InChI is InChI=1S/C18H17N5/c1-3-23(4-2)16-9-6-14(7-10-16)5-8-15-13-21-17(11-19)18(12-20)22-15/h5-10,13H,3-4H2,1-2H3/b8-5+. The molecule has 2 aromatic rings. The van der Waals surface area contributed by atoms with Gasteiger partial charge in [0, 0.05) is 18.8 Å². The molecule has 1 aromatic heterocycles. The van der Waals surface area contributed by atoms with Crippen LogP contribution in [-0.2, 0) is 0 Å². The van der Waals surface area contributed by atoms with Crippen molar-refractivity contribution in [2.45, 2.75) is 13.8 Å². The Balaban J connectivity index is 2.18. The van der Waals surface area contributed by atoms with Crippen LogP contribution in [0.15, 0.2) is 30.5 Å². The summed E-state index contributed by atoms with van der Waals surface area (Å²) in [6.07, 6.45) is 5.17. The molecule has 0 radical (unpaired) electrons. The normalized spacial score (nSPS) is 10.3. The minimum atomic E-state index is 0.0477. The first-order valence-electron chi connectivity index (χ1n) is 7.42. The molecule has 23 heavy (non-hydrogen) atoms. The molecule has 0 aliphatic heterocycles. The van der Waals surface area contributed by atoms with Gasteiger partial charge < -0.3 is 4.90 Å². The fourth-order valence-corrected chi connectivity index (χ4v) is 2.21. The third kappa shape index (κ3) is 3.93. The van der Waals surface area contributed by atoms with Crippen LogP contribution < -0.4 is 4.90 Å². The van der Waals surface area contributed by atoms with Crippen LogP contribution in [0.5, 0.6) is 0 Å². The fraction of sp³-hybridized carbons (Fsp3) is 0.222. The number of rotatable bonds is 5. The van der Waals surface area contributed by atoms with Gasteiger partial charge >= 0.3 is 0 Å². The van der Waals surface area contributed by atoms with Gasteiger partial charge in [-0.25, -0.2) is 9.97 Å². The van der Waals surface area contributed by atoms with Gasteiger partial charge in [-0.15, -0.1) is 0 Å². The van der Waals surface area contributed by atoms with E-state index in [1.807, 2.05) is 30.3 Å². The van der Waals surface area contributed by atoms with Crippen LogP contribution >= 0.6 is 0 Å². The van der Waals surface area contributed by atoms with Gasteiger partial charge in [-0.3, -0.25) is 0 Å². The molecule has 0 unspecified atom stereocenters. The van der Waals surface area contributed by atoms with Gasteiger partial charge in [-0.2, -0.15) is 10.5 Å². The van der Waals surface area contributed by atoms with Crippen LogP contribution in [0.2, 0.25) is 0 Å². The second kappa shape index (κ2) is 7.72. The Morgan fingerprint density at radius 1 is 1.00 bits per heavy atom. The summed E-state index contributed by atoms with van der Waals surface area (Å²) in [7, 11) is 0. The zero-order chi connectivity index (χ0) is 16.7. The number of aromatic nitrogens is 2. The highest BCUT2D eigenvalue weighted by Gasteiger charge is 2.04. The summed E-state index contributed by atoms with van der Waals surface area (Å²) in [5.41, 5.74) is 2.87. The second-order valence-electron chi connectivity index (χ2n) is 4.81. The number of nitrogens with zero attached hydrogens (tertiary/aromatic N) is 5. The van der Waals surface area contributed by atoms with E-state index in [1.165, 1.54) is 11.9 Å². The third-order valence-electron chi connectivity index (χ3n) is 3.47. The van der Waals surface area contributed by atoms with E-state index in [9.17, 15) is 0 Å². The van der Waals surface area contributed by atoms with Crippen molar-refractivity contribution in [2.75, 3.05) is 18.0 Å². The summed E-state index contributed by atoms with van der Waals surface area (Å²) in [5.74, 6) is 0. The maximum atomic E-state index is 8.96. The Morgan fingerprint density at radius 3 is 2.22 bits per heavy atom. The van der Waals surface area contributed by atoms with Gasteiger partial charge in [0.1, 0.15) is 12.1 Å². The van der Waals surface area contributed by atoms with Crippen molar-refractivity contribution in [3.63, 3.8) is 0 Å². The van der Waals surface area contributed by atoms with Gasteiger partial charge in [0.15, 0.2) is 11.4 Å². The molecule has 0 fully saturated rings. The first-order valence-corrected chi connectivity index (χ1v) is 7.42. The van der Waals surface area contributed by atoms with Gasteiger partial charge in [0.25, 0.3) is 0 Å². The Kier molecular flexibility index (Phi) is 5.44. The molecule has 0 amide bonds. The number of hydrogen-bond acceptors (Lipinski definition) is 5. The van der Waals surface area contributed by atoms with Crippen molar-refractivity contribution in [3.05, 3.63) is 53.1 Å². The number of nitriles is 2. The SMILES string of the molecule is CCN(CC)c1ccc(/C=C/c2cnc(C#N)c(C#N)n2)cc1. The summed E-state index contributed by atoms with van der Waals surface area (Å²) in [4.78, 5) is 10.3. The van der Waals surface area contributed by atoms with Gasteiger partial charge in [0.2, 0.25) is 0 Å². The summed E-state index contributed by atoms with van der Waals surface area (Å²) in [6.45, 7) is 6.22. The second-order valence-corrected chi connectivity index (χ2v) is 4.81. The first-order chi connectivity index (χ1) is 11.2. The lowest BCUT2D eigenvalue weighted by Crippen LogP contribution is -2.21. The average molecular weight is 303 g/mol. The molecule has 5 nitrogen and oxygen atoms in total. The molecule has 114 valence electrons. The number of anilines is 1. The van der Waals surface area contributed by atoms with Crippen LogP contribution in [-0.4, -0.2) is 23.1 Å². The zero-order valence-electron chi connectivity index (χ0n) is 13.2. The monoisotopic (exact) mass is 303 g/mol. The van der Waals surface area contributed by atoms with Crippen molar-refractivity contribution < 1.29 is 0 Å². The minimum Gasteiger partial charge on any atom is -0.372 e. The van der Waals surface area contributed by atoms with E-state index in [-0.39, 0.29) is 11.4 Å². The van der Waals surface area contributed by atoms with Crippen LogP contribution in [0.4, 0.5) is 5.69 Å². The van der Waals surface area contributed by atoms with Crippen molar-refractivity contribution in [1.82, 2.24) is 9.97 Å². The Labute approximate surface area is 136 Å². The van der Waals surface area contributed by atoms with Crippen molar-refractivity contribution in [2.24, 2.45) is 0 Å². The highest BCUT2D eigenvalue weighted by atomic mass is 15.1. The summed E-state index contributed by atoms with van der Waals surface area (Å²) in [5, 5.41) is 17.8. The van der Waals surface area contributed by atoms with Crippen LogP contribution in [0.25, 0.3) is 12.2 Å². The van der Waals surface area contributed by atoms with Crippen LogP contribution in [0, 0.1) is 22.7 Å². The van der Waals surface area contributed by atoms with E-state index < -0.39 is 0 Å². The number of benzene rings is 1. The van der Waals surface area contributed by atoms with Gasteiger partial charge in [-0.05, 0) is 37.6 Å². The smallest absolute Gasteiger partial charge is 0.177 e. The summed E-state index contributed by atoms with van der Waals surface area (Å²) in [6, 6.07) is 12.0. The van der Waals surface area contributed by atoms with E-state index in [1.54, 1.807) is 6.08 Å². The molecule has 0 bridgehead atoms. The molecule has 0 aliphatic carbocycles. The fourth-order valence-electron chi connectivity index (χ4n) is 2.21. The van der Waals surface area contributed by atoms with Crippen LogP contribution in [0.1, 0.15) is 36.5 Å². The van der Waals surface area contributed by atoms with Gasteiger partial charge in [-0.1, -0.05) is 18.2 Å². The molecule has 0 spiro atoms. The molecule has 1 heterocycles. The largest absolute Gasteiger partial charge is 0.372 e. The topological polar surface area (TPSA) is 76.6 Å². The molecular formula is C18H17N5. The summed E-state index contributed by atoms with van der Waals surface area (Å²) < 4.78 is 0. The summed E-state index contributed by atoms with van der Waals surface area (Å²) >= 11 is 0. The Morgan fingerprint density at radius 2 is 1.65 bits per heavy atom.